The normalized spacial score (nSPS) is 17.9. The van der Waals surface area contributed by atoms with Crippen molar-refractivity contribution in [3.05, 3.63) is 23.8 Å². The quantitative estimate of drug-likeness (QED) is 0.794. The van der Waals surface area contributed by atoms with Crippen molar-refractivity contribution in [3.63, 3.8) is 0 Å². The molecular weight excluding hydrogens is 258 g/mol. The molecule has 1 aromatic rings. The van der Waals surface area contributed by atoms with Crippen molar-refractivity contribution in [1.82, 2.24) is 10.2 Å². The molecule has 0 spiro atoms. The Balaban J connectivity index is 2.11. The maximum atomic E-state index is 12.4. The predicted molar refractivity (Wildman–Crippen MR) is 75.5 cm³/mol. The number of ether oxygens (including phenoxy) is 1. The molecule has 0 saturated carbocycles. The summed E-state index contributed by atoms with van der Waals surface area (Å²) in [4.78, 5) is 25.2. The Morgan fingerprint density at radius 1 is 1.45 bits per heavy atom. The summed E-state index contributed by atoms with van der Waals surface area (Å²) in [5, 5.41) is 2.83. The molecule has 2 rings (SSSR count). The van der Waals surface area contributed by atoms with E-state index in [0.29, 0.717) is 30.1 Å². The number of para-hydroxylation sites is 1. The zero-order valence-electron chi connectivity index (χ0n) is 11.7. The number of amides is 2. The summed E-state index contributed by atoms with van der Waals surface area (Å²) in [6, 6.07) is 5.16. The largest absolute Gasteiger partial charge is 0.495 e. The number of carbonyl (C=O) groups is 2. The van der Waals surface area contributed by atoms with E-state index in [1.165, 1.54) is 14.0 Å². The summed E-state index contributed by atoms with van der Waals surface area (Å²) in [6.45, 7) is 2.60. The number of rotatable bonds is 3. The van der Waals surface area contributed by atoms with Gasteiger partial charge in [-0.3, -0.25) is 9.59 Å². The fourth-order valence-electron chi connectivity index (χ4n) is 2.43. The molecule has 1 aromatic carbocycles. The van der Waals surface area contributed by atoms with Gasteiger partial charge in [-0.1, -0.05) is 6.07 Å². The molecule has 1 heterocycles. The average molecular weight is 277 g/mol. The fourth-order valence-corrected chi connectivity index (χ4v) is 2.43. The van der Waals surface area contributed by atoms with Gasteiger partial charge < -0.3 is 20.7 Å². The summed E-state index contributed by atoms with van der Waals surface area (Å²) in [7, 11) is 1.52. The van der Waals surface area contributed by atoms with Crippen LogP contribution < -0.4 is 15.8 Å². The van der Waals surface area contributed by atoms with E-state index in [4.69, 9.17) is 10.5 Å². The van der Waals surface area contributed by atoms with Crippen LogP contribution >= 0.6 is 0 Å². The lowest BCUT2D eigenvalue weighted by Gasteiger charge is -2.18. The second-order valence-corrected chi connectivity index (χ2v) is 4.86. The van der Waals surface area contributed by atoms with Gasteiger partial charge in [0.2, 0.25) is 5.91 Å². The molecule has 3 N–H and O–H groups in total. The van der Waals surface area contributed by atoms with Gasteiger partial charge in [0.1, 0.15) is 5.75 Å². The second kappa shape index (κ2) is 5.81. The molecule has 0 aliphatic carbocycles. The average Bonchev–Trinajstić information content (AvgIpc) is 2.86. The number of likely N-dealkylation sites (tertiary alicyclic amines) is 1. The van der Waals surface area contributed by atoms with Crippen molar-refractivity contribution in [3.8, 4) is 5.75 Å². The van der Waals surface area contributed by atoms with Gasteiger partial charge in [-0.25, -0.2) is 0 Å². The van der Waals surface area contributed by atoms with E-state index >= 15 is 0 Å². The highest BCUT2D eigenvalue weighted by molar-refractivity contribution is 6.00. The van der Waals surface area contributed by atoms with E-state index in [0.717, 1.165) is 6.42 Å². The van der Waals surface area contributed by atoms with Crippen molar-refractivity contribution >= 4 is 17.5 Å². The molecule has 0 aromatic heterocycles. The van der Waals surface area contributed by atoms with Crippen LogP contribution in [0.4, 0.5) is 5.69 Å². The lowest BCUT2D eigenvalue weighted by atomic mass is 10.1. The van der Waals surface area contributed by atoms with Crippen LogP contribution in [0, 0.1) is 0 Å². The van der Waals surface area contributed by atoms with Gasteiger partial charge in [0, 0.05) is 26.1 Å². The standard InChI is InChI=1S/C14H19N3O3/c1-9(18)16-10-6-7-17(8-10)14(19)11-4-3-5-12(20-2)13(11)15/h3-5,10H,6-8,15H2,1-2H3,(H,16,18). The molecule has 6 nitrogen and oxygen atoms in total. The third-order valence-corrected chi connectivity index (χ3v) is 3.40. The molecular formula is C14H19N3O3. The smallest absolute Gasteiger partial charge is 0.256 e. The van der Waals surface area contributed by atoms with E-state index < -0.39 is 0 Å². The molecule has 1 aliphatic rings. The SMILES string of the molecule is COc1cccc(C(=O)N2CCC(NC(C)=O)C2)c1N. The first-order chi connectivity index (χ1) is 9.52. The molecule has 1 atom stereocenters. The third kappa shape index (κ3) is 2.84. The summed E-state index contributed by atoms with van der Waals surface area (Å²) >= 11 is 0. The van der Waals surface area contributed by atoms with Crippen LogP contribution in [0.2, 0.25) is 0 Å². The van der Waals surface area contributed by atoms with E-state index in [9.17, 15) is 9.59 Å². The highest BCUT2D eigenvalue weighted by Gasteiger charge is 2.28. The Bertz CT molecular complexity index is 530. The van der Waals surface area contributed by atoms with Gasteiger partial charge in [-0.05, 0) is 18.6 Å². The van der Waals surface area contributed by atoms with Crippen molar-refractivity contribution in [2.24, 2.45) is 0 Å². The minimum absolute atomic E-state index is 0.0169. The van der Waals surface area contributed by atoms with Crippen molar-refractivity contribution < 1.29 is 14.3 Å². The number of nitrogens with two attached hydrogens (primary N) is 1. The molecule has 1 unspecified atom stereocenters. The Labute approximate surface area is 117 Å². The number of anilines is 1. The minimum atomic E-state index is -0.130. The zero-order chi connectivity index (χ0) is 14.7. The van der Waals surface area contributed by atoms with Crippen molar-refractivity contribution in [2.75, 3.05) is 25.9 Å². The molecule has 2 amide bonds. The first-order valence-corrected chi connectivity index (χ1v) is 6.51. The van der Waals surface area contributed by atoms with Gasteiger partial charge >= 0.3 is 0 Å². The first kappa shape index (κ1) is 14.2. The van der Waals surface area contributed by atoms with E-state index in [-0.39, 0.29) is 17.9 Å². The van der Waals surface area contributed by atoms with Gasteiger partial charge in [0.15, 0.2) is 0 Å². The maximum absolute atomic E-state index is 12.4. The molecule has 0 radical (unpaired) electrons. The number of benzene rings is 1. The van der Waals surface area contributed by atoms with Crippen LogP contribution in [0.5, 0.6) is 5.75 Å². The number of nitrogen functional groups attached to an aromatic ring is 1. The summed E-state index contributed by atoms with van der Waals surface area (Å²) in [5.74, 6) is 0.285. The van der Waals surface area contributed by atoms with Gasteiger partial charge in [-0.2, -0.15) is 0 Å². The monoisotopic (exact) mass is 277 g/mol. The Morgan fingerprint density at radius 3 is 2.85 bits per heavy atom. The van der Waals surface area contributed by atoms with Gasteiger partial charge in [0.25, 0.3) is 5.91 Å². The lowest BCUT2D eigenvalue weighted by molar-refractivity contribution is -0.119. The lowest BCUT2D eigenvalue weighted by Crippen LogP contribution is -2.37. The number of hydrogen-bond acceptors (Lipinski definition) is 4. The molecule has 108 valence electrons. The Hall–Kier alpha value is -2.24. The van der Waals surface area contributed by atoms with Crippen LogP contribution in [-0.2, 0) is 4.79 Å². The first-order valence-electron chi connectivity index (χ1n) is 6.51. The summed E-state index contributed by atoms with van der Waals surface area (Å²) in [6.07, 6.45) is 0.759. The van der Waals surface area contributed by atoms with E-state index in [1.807, 2.05) is 0 Å². The maximum Gasteiger partial charge on any atom is 0.256 e. The Morgan fingerprint density at radius 2 is 2.20 bits per heavy atom. The van der Waals surface area contributed by atoms with Crippen LogP contribution in [0.3, 0.4) is 0 Å². The fraction of sp³-hybridized carbons (Fsp3) is 0.429. The van der Waals surface area contributed by atoms with Gasteiger partial charge in [0.05, 0.1) is 18.4 Å². The topological polar surface area (TPSA) is 84.7 Å². The Kier molecular flexibility index (Phi) is 4.12. The highest BCUT2D eigenvalue weighted by atomic mass is 16.5. The predicted octanol–water partition coefficient (Wildman–Crippen LogP) is 0.628. The van der Waals surface area contributed by atoms with E-state index in [1.54, 1.807) is 23.1 Å². The van der Waals surface area contributed by atoms with Gasteiger partial charge in [-0.15, -0.1) is 0 Å². The highest BCUT2D eigenvalue weighted by Crippen LogP contribution is 2.26. The molecule has 1 aliphatic heterocycles. The van der Waals surface area contributed by atoms with E-state index in [2.05, 4.69) is 5.32 Å². The summed E-state index contributed by atoms with van der Waals surface area (Å²) in [5.41, 5.74) is 6.72. The minimum Gasteiger partial charge on any atom is -0.495 e. The van der Waals surface area contributed by atoms with Crippen molar-refractivity contribution in [1.29, 1.82) is 0 Å². The number of nitrogens with zero attached hydrogens (tertiary/aromatic N) is 1. The number of nitrogens with one attached hydrogen (secondary N) is 1. The van der Waals surface area contributed by atoms with Crippen LogP contribution in [0.15, 0.2) is 18.2 Å². The van der Waals surface area contributed by atoms with Crippen molar-refractivity contribution in [2.45, 2.75) is 19.4 Å². The number of methoxy groups -OCH3 is 1. The molecule has 0 bridgehead atoms. The molecule has 20 heavy (non-hydrogen) atoms. The number of hydrogen-bond donors (Lipinski definition) is 2. The molecule has 1 saturated heterocycles. The molecule has 6 heteroatoms. The van der Waals surface area contributed by atoms with Crippen LogP contribution in [0.1, 0.15) is 23.7 Å². The number of carbonyl (C=O) groups excluding carboxylic acids is 2. The summed E-state index contributed by atoms with van der Waals surface area (Å²) < 4.78 is 5.12. The van der Waals surface area contributed by atoms with Crippen LogP contribution in [0.25, 0.3) is 0 Å². The molecule has 1 fully saturated rings. The second-order valence-electron chi connectivity index (χ2n) is 4.86. The third-order valence-electron chi connectivity index (χ3n) is 3.40. The van der Waals surface area contributed by atoms with Crippen LogP contribution in [-0.4, -0.2) is 43.0 Å². The zero-order valence-corrected chi connectivity index (χ0v) is 11.7.